The van der Waals surface area contributed by atoms with Crippen LogP contribution in [0.1, 0.15) is 53.4 Å². The van der Waals surface area contributed by atoms with Crippen LogP contribution in [0.25, 0.3) is 0 Å². The first-order chi connectivity index (χ1) is 7.40. The maximum absolute atomic E-state index is 12.3. The van der Waals surface area contributed by atoms with Gasteiger partial charge < -0.3 is 4.90 Å². The van der Waals surface area contributed by atoms with Crippen molar-refractivity contribution in [1.29, 1.82) is 0 Å². The SMILES string of the molecule is CCCCC(CC)C(=O)N(C)C(C)(C)CCl. The Labute approximate surface area is 105 Å². The van der Waals surface area contributed by atoms with E-state index < -0.39 is 0 Å². The van der Waals surface area contributed by atoms with E-state index in [-0.39, 0.29) is 17.4 Å². The van der Waals surface area contributed by atoms with Crippen molar-refractivity contribution in [3.05, 3.63) is 0 Å². The van der Waals surface area contributed by atoms with Gasteiger partial charge in [-0.1, -0.05) is 26.7 Å². The van der Waals surface area contributed by atoms with Gasteiger partial charge in [-0.05, 0) is 26.7 Å². The fraction of sp³-hybridized carbons (Fsp3) is 0.923. The van der Waals surface area contributed by atoms with Crippen molar-refractivity contribution in [2.45, 2.75) is 58.9 Å². The molecule has 0 saturated heterocycles. The van der Waals surface area contributed by atoms with E-state index in [0.29, 0.717) is 5.88 Å². The Kier molecular flexibility index (Phi) is 7.05. The summed E-state index contributed by atoms with van der Waals surface area (Å²) in [7, 11) is 1.86. The summed E-state index contributed by atoms with van der Waals surface area (Å²) in [5.74, 6) is 0.869. The maximum atomic E-state index is 12.3. The van der Waals surface area contributed by atoms with Gasteiger partial charge in [0.05, 0.1) is 5.54 Å². The summed E-state index contributed by atoms with van der Waals surface area (Å²) < 4.78 is 0. The number of carbonyl (C=O) groups is 1. The van der Waals surface area contributed by atoms with Crippen LogP contribution in [0.3, 0.4) is 0 Å². The van der Waals surface area contributed by atoms with Crippen LogP contribution >= 0.6 is 11.6 Å². The van der Waals surface area contributed by atoms with Crippen molar-refractivity contribution in [3.63, 3.8) is 0 Å². The van der Waals surface area contributed by atoms with Crippen LogP contribution in [0, 0.1) is 5.92 Å². The molecule has 16 heavy (non-hydrogen) atoms. The topological polar surface area (TPSA) is 20.3 Å². The summed E-state index contributed by atoms with van der Waals surface area (Å²) in [6.07, 6.45) is 4.18. The Morgan fingerprint density at radius 2 is 1.94 bits per heavy atom. The van der Waals surface area contributed by atoms with Crippen molar-refractivity contribution in [3.8, 4) is 0 Å². The van der Waals surface area contributed by atoms with Crippen LogP contribution < -0.4 is 0 Å². The lowest BCUT2D eigenvalue weighted by Crippen LogP contribution is -2.48. The number of carbonyl (C=O) groups excluding carboxylic acids is 1. The van der Waals surface area contributed by atoms with Crippen LogP contribution in [-0.2, 0) is 4.79 Å². The van der Waals surface area contributed by atoms with Crippen molar-refractivity contribution < 1.29 is 4.79 Å². The third-order valence-corrected chi connectivity index (χ3v) is 3.97. The third kappa shape index (κ3) is 4.32. The monoisotopic (exact) mass is 247 g/mol. The lowest BCUT2D eigenvalue weighted by atomic mass is 9.95. The molecule has 0 aromatic heterocycles. The average molecular weight is 248 g/mol. The molecule has 0 heterocycles. The van der Waals surface area contributed by atoms with E-state index >= 15 is 0 Å². The lowest BCUT2D eigenvalue weighted by molar-refractivity contribution is -0.138. The number of unbranched alkanes of at least 4 members (excludes halogenated alkanes) is 1. The molecule has 0 radical (unpaired) electrons. The molecule has 1 amide bonds. The molecular formula is C13H26ClNO. The molecule has 0 aromatic carbocycles. The van der Waals surface area contributed by atoms with Gasteiger partial charge in [0.15, 0.2) is 0 Å². The highest BCUT2D eigenvalue weighted by Crippen LogP contribution is 2.21. The molecule has 0 bridgehead atoms. The summed E-state index contributed by atoms with van der Waals surface area (Å²) in [4.78, 5) is 14.1. The minimum absolute atomic E-state index is 0.160. The first kappa shape index (κ1) is 15.8. The van der Waals surface area contributed by atoms with E-state index in [4.69, 9.17) is 11.6 Å². The fourth-order valence-corrected chi connectivity index (χ4v) is 1.79. The van der Waals surface area contributed by atoms with Gasteiger partial charge in [0.1, 0.15) is 0 Å². The number of alkyl halides is 1. The molecule has 0 aliphatic rings. The molecule has 0 N–H and O–H groups in total. The third-order valence-electron chi connectivity index (χ3n) is 3.31. The fourth-order valence-electron chi connectivity index (χ4n) is 1.61. The Bertz CT molecular complexity index is 216. The zero-order chi connectivity index (χ0) is 12.8. The highest BCUT2D eigenvalue weighted by Gasteiger charge is 2.30. The molecule has 0 aliphatic heterocycles. The van der Waals surface area contributed by atoms with Gasteiger partial charge in [-0.3, -0.25) is 4.79 Å². The second kappa shape index (κ2) is 7.16. The summed E-state index contributed by atoms with van der Waals surface area (Å²) in [6.45, 7) is 8.25. The van der Waals surface area contributed by atoms with Crippen LogP contribution in [0.4, 0.5) is 0 Å². The summed E-state index contributed by atoms with van der Waals surface area (Å²) in [5.41, 5.74) is -0.252. The van der Waals surface area contributed by atoms with Crippen molar-refractivity contribution in [2.24, 2.45) is 5.92 Å². The average Bonchev–Trinajstić information content (AvgIpc) is 2.28. The Balaban J connectivity index is 4.49. The highest BCUT2D eigenvalue weighted by molar-refractivity contribution is 6.18. The smallest absolute Gasteiger partial charge is 0.225 e. The Morgan fingerprint density at radius 1 is 1.38 bits per heavy atom. The lowest BCUT2D eigenvalue weighted by Gasteiger charge is -2.36. The maximum Gasteiger partial charge on any atom is 0.225 e. The zero-order valence-corrected chi connectivity index (χ0v) is 12.1. The predicted molar refractivity (Wildman–Crippen MR) is 70.9 cm³/mol. The van der Waals surface area contributed by atoms with Gasteiger partial charge >= 0.3 is 0 Å². The summed E-state index contributed by atoms with van der Waals surface area (Å²) >= 11 is 5.89. The molecule has 0 spiro atoms. The quantitative estimate of drug-likeness (QED) is 0.629. The molecule has 0 saturated carbocycles. The molecule has 0 fully saturated rings. The van der Waals surface area contributed by atoms with E-state index in [1.165, 1.54) is 0 Å². The predicted octanol–water partition coefficient (Wildman–Crippen LogP) is 3.68. The Hall–Kier alpha value is -0.240. The van der Waals surface area contributed by atoms with Crippen LogP contribution in [-0.4, -0.2) is 29.3 Å². The van der Waals surface area contributed by atoms with Crippen LogP contribution in [0.5, 0.6) is 0 Å². The minimum atomic E-state index is -0.252. The van der Waals surface area contributed by atoms with Gasteiger partial charge in [-0.2, -0.15) is 0 Å². The number of nitrogens with zero attached hydrogens (tertiary/aromatic N) is 1. The highest BCUT2D eigenvalue weighted by atomic mass is 35.5. The largest absolute Gasteiger partial charge is 0.339 e. The van der Waals surface area contributed by atoms with Gasteiger partial charge in [0, 0.05) is 18.8 Å². The molecule has 3 heteroatoms. The minimum Gasteiger partial charge on any atom is -0.339 e. The molecule has 1 unspecified atom stereocenters. The number of amides is 1. The Morgan fingerprint density at radius 3 is 2.31 bits per heavy atom. The van der Waals surface area contributed by atoms with Crippen molar-refractivity contribution in [1.82, 2.24) is 4.90 Å². The van der Waals surface area contributed by atoms with Crippen molar-refractivity contribution >= 4 is 17.5 Å². The molecule has 1 atom stereocenters. The van der Waals surface area contributed by atoms with Crippen molar-refractivity contribution in [2.75, 3.05) is 12.9 Å². The van der Waals surface area contributed by atoms with Crippen LogP contribution in [0.15, 0.2) is 0 Å². The van der Waals surface area contributed by atoms with Gasteiger partial charge in [-0.15, -0.1) is 11.6 Å². The molecule has 0 aromatic rings. The van der Waals surface area contributed by atoms with E-state index in [2.05, 4.69) is 13.8 Å². The second-order valence-corrected chi connectivity index (χ2v) is 5.36. The first-order valence-corrected chi connectivity index (χ1v) is 6.77. The number of rotatable bonds is 7. The number of hydrogen-bond donors (Lipinski definition) is 0. The number of halogens is 1. The normalized spacial score (nSPS) is 13.6. The van der Waals surface area contributed by atoms with E-state index in [0.717, 1.165) is 25.7 Å². The molecular weight excluding hydrogens is 222 g/mol. The molecule has 96 valence electrons. The molecule has 0 rings (SSSR count). The second-order valence-electron chi connectivity index (χ2n) is 5.09. The van der Waals surface area contributed by atoms with Gasteiger partial charge in [0.2, 0.25) is 5.91 Å². The molecule has 2 nitrogen and oxygen atoms in total. The van der Waals surface area contributed by atoms with E-state index in [9.17, 15) is 4.79 Å². The summed E-state index contributed by atoms with van der Waals surface area (Å²) in [5, 5.41) is 0. The standard InChI is InChI=1S/C13H26ClNO/c1-6-8-9-11(7-2)12(16)15(5)13(3,4)10-14/h11H,6-10H2,1-5H3. The number of hydrogen-bond acceptors (Lipinski definition) is 1. The van der Waals surface area contributed by atoms with Crippen LogP contribution in [0.2, 0.25) is 0 Å². The summed E-state index contributed by atoms with van der Waals surface area (Å²) in [6, 6.07) is 0. The zero-order valence-electron chi connectivity index (χ0n) is 11.3. The first-order valence-electron chi connectivity index (χ1n) is 6.24. The van der Waals surface area contributed by atoms with Gasteiger partial charge in [-0.25, -0.2) is 0 Å². The van der Waals surface area contributed by atoms with E-state index in [1.54, 1.807) is 0 Å². The molecule has 0 aliphatic carbocycles. The van der Waals surface area contributed by atoms with E-state index in [1.807, 2.05) is 25.8 Å². The van der Waals surface area contributed by atoms with Gasteiger partial charge in [0.25, 0.3) is 0 Å².